The zero-order valence-electron chi connectivity index (χ0n) is 17.0. The monoisotopic (exact) mass is 440 g/mol. The van der Waals surface area contributed by atoms with Crippen molar-refractivity contribution in [2.24, 2.45) is 0 Å². The Balaban J connectivity index is 1.42. The summed E-state index contributed by atoms with van der Waals surface area (Å²) in [7, 11) is 1.91. The van der Waals surface area contributed by atoms with Gasteiger partial charge >= 0.3 is 0 Å². The maximum absolute atomic E-state index is 12.9. The number of amides is 1. The molecule has 0 bridgehead atoms. The van der Waals surface area contributed by atoms with Gasteiger partial charge in [-0.3, -0.25) is 9.69 Å². The van der Waals surface area contributed by atoms with Gasteiger partial charge in [-0.15, -0.1) is 0 Å². The summed E-state index contributed by atoms with van der Waals surface area (Å²) in [5.41, 5.74) is 0.0294. The highest BCUT2D eigenvalue weighted by Crippen LogP contribution is 2.42. The average molecular weight is 441 g/mol. The van der Waals surface area contributed by atoms with Crippen LogP contribution in [0.5, 0.6) is 5.75 Å². The van der Waals surface area contributed by atoms with Gasteiger partial charge in [0.25, 0.3) is 5.91 Å². The lowest BCUT2D eigenvalue weighted by atomic mass is 9.76. The lowest BCUT2D eigenvalue weighted by Crippen LogP contribution is -2.58. The number of benzene rings is 1. The molecule has 1 aromatic rings. The van der Waals surface area contributed by atoms with Gasteiger partial charge < -0.3 is 14.4 Å². The zero-order chi connectivity index (χ0) is 20.4. The SMILES string of the molecule is CN(C(=O)COc1cc(Cl)cc(Cl)c1)[C@@H]1CC[C@@]2(CCCO2)C[C@H]1N1CCCC1. The number of halogens is 2. The van der Waals surface area contributed by atoms with Crippen LogP contribution in [-0.4, -0.2) is 66.7 Å². The Labute approximate surface area is 183 Å². The van der Waals surface area contributed by atoms with Crippen LogP contribution in [0.3, 0.4) is 0 Å². The average Bonchev–Trinajstić information content (AvgIpc) is 3.37. The van der Waals surface area contributed by atoms with Gasteiger partial charge in [-0.05, 0) is 76.2 Å². The topological polar surface area (TPSA) is 42.0 Å². The van der Waals surface area contributed by atoms with Crippen LogP contribution in [0.1, 0.15) is 44.9 Å². The molecule has 1 aromatic carbocycles. The normalized spacial score (nSPS) is 30.0. The molecule has 0 N–H and O–H groups in total. The number of rotatable bonds is 5. The van der Waals surface area contributed by atoms with Crippen LogP contribution in [0.25, 0.3) is 0 Å². The van der Waals surface area contributed by atoms with E-state index < -0.39 is 0 Å². The predicted octanol–water partition coefficient (Wildman–Crippen LogP) is 4.40. The lowest BCUT2D eigenvalue weighted by Gasteiger charge is -2.48. The molecule has 1 spiro atoms. The minimum atomic E-state index is -0.0158. The third kappa shape index (κ3) is 4.84. The molecule has 5 nitrogen and oxygen atoms in total. The van der Waals surface area contributed by atoms with Gasteiger partial charge in [0.15, 0.2) is 6.61 Å². The highest BCUT2D eigenvalue weighted by atomic mass is 35.5. The zero-order valence-corrected chi connectivity index (χ0v) is 18.6. The molecule has 0 unspecified atom stereocenters. The third-order valence-electron chi connectivity index (χ3n) is 6.80. The molecule has 1 saturated carbocycles. The number of likely N-dealkylation sites (tertiary alicyclic amines) is 1. The maximum atomic E-state index is 12.9. The molecule has 0 aromatic heterocycles. The van der Waals surface area contributed by atoms with Gasteiger partial charge in [-0.1, -0.05) is 23.2 Å². The van der Waals surface area contributed by atoms with E-state index in [0.29, 0.717) is 21.8 Å². The van der Waals surface area contributed by atoms with Gasteiger partial charge in [-0.2, -0.15) is 0 Å². The van der Waals surface area contributed by atoms with Crippen LogP contribution in [0.15, 0.2) is 18.2 Å². The molecule has 3 aliphatic rings. The van der Waals surface area contributed by atoms with Crippen LogP contribution in [0.2, 0.25) is 10.0 Å². The van der Waals surface area contributed by atoms with E-state index >= 15 is 0 Å². The van der Waals surface area contributed by atoms with Gasteiger partial charge in [0.05, 0.1) is 5.60 Å². The number of hydrogen-bond acceptors (Lipinski definition) is 4. The lowest BCUT2D eigenvalue weighted by molar-refractivity contribution is -0.139. The van der Waals surface area contributed by atoms with E-state index in [9.17, 15) is 4.79 Å². The molecule has 160 valence electrons. The summed E-state index contributed by atoms with van der Waals surface area (Å²) in [5.74, 6) is 0.501. The Bertz CT molecular complexity index is 713. The van der Waals surface area contributed by atoms with E-state index in [-0.39, 0.29) is 24.2 Å². The number of likely N-dealkylation sites (N-methyl/N-ethyl adjacent to an activating group) is 1. The highest BCUT2D eigenvalue weighted by Gasteiger charge is 2.47. The number of carbonyl (C=O) groups is 1. The molecular weight excluding hydrogens is 411 g/mol. The van der Waals surface area contributed by atoms with Crippen molar-refractivity contribution in [1.29, 1.82) is 0 Å². The molecule has 1 aliphatic carbocycles. The first-order valence-electron chi connectivity index (χ1n) is 10.7. The first-order valence-corrected chi connectivity index (χ1v) is 11.4. The van der Waals surface area contributed by atoms with Gasteiger partial charge in [0, 0.05) is 35.8 Å². The molecule has 2 heterocycles. The highest BCUT2D eigenvalue weighted by molar-refractivity contribution is 6.34. The van der Waals surface area contributed by atoms with Crippen molar-refractivity contribution in [2.45, 2.75) is 62.6 Å². The second-order valence-electron chi connectivity index (χ2n) is 8.65. The van der Waals surface area contributed by atoms with E-state index in [1.165, 1.54) is 12.8 Å². The van der Waals surface area contributed by atoms with E-state index in [1.807, 2.05) is 11.9 Å². The summed E-state index contributed by atoms with van der Waals surface area (Å²) in [6.45, 7) is 3.10. The number of nitrogens with zero attached hydrogens (tertiary/aromatic N) is 2. The smallest absolute Gasteiger partial charge is 0.260 e. The Morgan fingerprint density at radius 3 is 2.59 bits per heavy atom. The summed E-state index contributed by atoms with van der Waals surface area (Å²) >= 11 is 12.0. The third-order valence-corrected chi connectivity index (χ3v) is 7.24. The van der Waals surface area contributed by atoms with Gasteiger partial charge in [-0.25, -0.2) is 0 Å². The maximum Gasteiger partial charge on any atom is 0.260 e. The fourth-order valence-electron chi connectivity index (χ4n) is 5.28. The Hall–Kier alpha value is -1.01. The van der Waals surface area contributed by atoms with Crippen molar-refractivity contribution in [3.63, 3.8) is 0 Å². The van der Waals surface area contributed by atoms with Crippen molar-refractivity contribution in [2.75, 3.05) is 33.4 Å². The minimum Gasteiger partial charge on any atom is -0.484 e. The van der Waals surface area contributed by atoms with Crippen LogP contribution >= 0.6 is 23.2 Å². The minimum absolute atomic E-state index is 0.0152. The second-order valence-corrected chi connectivity index (χ2v) is 9.53. The van der Waals surface area contributed by atoms with E-state index in [1.54, 1.807) is 18.2 Å². The van der Waals surface area contributed by atoms with Crippen LogP contribution in [0.4, 0.5) is 0 Å². The quantitative estimate of drug-likeness (QED) is 0.680. The molecule has 3 atom stereocenters. The van der Waals surface area contributed by atoms with E-state index in [2.05, 4.69) is 4.90 Å². The van der Waals surface area contributed by atoms with Crippen LogP contribution in [-0.2, 0) is 9.53 Å². The van der Waals surface area contributed by atoms with Crippen molar-refractivity contribution < 1.29 is 14.3 Å². The first kappa shape index (κ1) is 21.2. The van der Waals surface area contributed by atoms with Crippen molar-refractivity contribution in [3.05, 3.63) is 28.2 Å². The number of carbonyl (C=O) groups excluding carboxylic acids is 1. The summed E-state index contributed by atoms with van der Waals surface area (Å²) in [6.07, 6.45) is 7.83. The Morgan fingerprint density at radius 2 is 1.93 bits per heavy atom. The first-order chi connectivity index (χ1) is 14.0. The summed E-state index contributed by atoms with van der Waals surface area (Å²) in [5, 5.41) is 0.994. The fourth-order valence-corrected chi connectivity index (χ4v) is 5.78. The Kier molecular flexibility index (Phi) is 6.59. The predicted molar refractivity (Wildman–Crippen MR) is 115 cm³/mol. The van der Waals surface area contributed by atoms with E-state index in [4.69, 9.17) is 32.7 Å². The molecule has 3 fully saturated rings. The van der Waals surface area contributed by atoms with Crippen molar-refractivity contribution in [1.82, 2.24) is 9.80 Å². The van der Waals surface area contributed by atoms with Crippen molar-refractivity contribution >= 4 is 29.1 Å². The molecule has 7 heteroatoms. The van der Waals surface area contributed by atoms with E-state index in [0.717, 1.165) is 51.8 Å². The molecule has 4 rings (SSSR count). The molecule has 1 amide bonds. The molecule has 2 saturated heterocycles. The van der Waals surface area contributed by atoms with Gasteiger partial charge in [0.1, 0.15) is 5.75 Å². The molecule has 2 aliphatic heterocycles. The summed E-state index contributed by atoms with van der Waals surface area (Å²) in [4.78, 5) is 17.4. The van der Waals surface area contributed by atoms with Crippen LogP contribution < -0.4 is 4.74 Å². The molecule has 29 heavy (non-hydrogen) atoms. The number of ether oxygens (including phenoxy) is 2. The summed E-state index contributed by atoms with van der Waals surface area (Å²) < 4.78 is 11.9. The molecular formula is C22H30Cl2N2O3. The standard InChI is InChI=1S/C22H30Cl2N2O3/c1-25(21(27)15-28-18-12-16(23)11-17(24)13-18)19-5-7-22(6-4-10-29-22)14-20(19)26-8-2-3-9-26/h11-13,19-20H,2-10,14-15H2,1H3/t19-,20-,22+/m1/s1. The van der Waals surface area contributed by atoms with Gasteiger partial charge in [0.2, 0.25) is 0 Å². The fraction of sp³-hybridized carbons (Fsp3) is 0.682. The van der Waals surface area contributed by atoms with Crippen LogP contribution in [0, 0.1) is 0 Å². The second kappa shape index (κ2) is 9.01. The largest absolute Gasteiger partial charge is 0.484 e. The number of hydrogen-bond donors (Lipinski definition) is 0. The molecule has 0 radical (unpaired) electrons. The Morgan fingerprint density at radius 1 is 1.21 bits per heavy atom. The van der Waals surface area contributed by atoms with Crippen molar-refractivity contribution in [3.8, 4) is 5.75 Å². The summed E-state index contributed by atoms with van der Waals surface area (Å²) in [6, 6.07) is 5.56.